The molecule has 4 nitrogen and oxygen atoms in total. The summed E-state index contributed by atoms with van der Waals surface area (Å²) in [5.74, 6) is 0. The first-order valence-corrected chi connectivity index (χ1v) is 6.96. The van der Waals surface area contributed by atoms with Gasteiger partial charge in [-0.25, -0.2) is 0 Å². The lowest BCUT2D eigenvalue weighted by atomic mass is 10.0. The summed E-state index contributed by atoms with van der Waals surface area (Å²) >= 11 is 0. The van der Waals surface area contributed by atoms with Gasteiger partial charge in [0.1, 0.15) is 0 Å². The van der Waals surface area contributed by atoms with Crippen molar-refractivity contribution in [1.29, 1.82) is 0 Å². The summed E-state index contributed by atoms with van der Waals surface area (Å²) in [4.78, 5) is 9.29. The van der Waals surface area contributed by atoms with Gasteiger partial charge in [-0.05, 0) is 37.1 Å². The maximum atomic E-state index is 6.00. The van der Waals surface area contributed by atoms with Gasteiger partial charge in [-0.15, -0.1) is 0 Å². The summed E-state index contributed by atoms with van der Waals surface area (Å²) in [6.07, 6.45) is 6.44. The molecule has 2 atom stereocenters. The normalized spacial score (nSPS) is 27.1. The molecule has 0 radical (unpaired) electrons. The fourth-order valence-corrected chi connectivity index (χ4v) is 3.38. The van der Waals surface area contributed by atoms with Crippen LogP contribution in [0.4, 0.5) is 0 Å². The van der Waals surface area contributed by atoms with E-state index in [1.165, 1.54) is 38.0 Å². The molecule has 0 saturated carbocycles. The van der Waals surface area contributed by atoms with E-state index in [-0.39, 0.29) is 0 Å². The summed E-state index contributed by atoms with van der Waals surface area (Å²) in [6.45, 7) is 5.49. The number of nitrogens with zero attached hydrogens (tertiary/aromatic N) is 3. The van der Waals surface area contributed by atoms with Crippen LogP contribution in [0.5, 0.6) is 0 Å². The second kappa shape index (κ2) is 5.34. The topological polar surface area (TPSA) is 45.4 Å². The van der Waals surface area contributed by atoms with Crippen LogP contribution in [-0.2, 0) is 0 Å². The van der Waals surface area contributed by atoms with Crippen LogP contribution in [0.2, 0.25) is 0 Å². The molecule has 0 spiro atoms. The Bertz CT molecular complexity index is 381. The predicted octanol–water partition coefficient (Wildman–Crippen LogP) is 0.861. The largest absolute Gasteiger partial charge is 0.329 e. The van der Waals surface area contributed by atoms with E-state index in [0.29, 0.717) is 12.6 Å². The van der Waals surface area contributed by atoms with Gasteiger partial charge in [0.15, 0.2) is 0 Å². The molecular formula is C14H22N4. The van der Waals surface area contributed by atoms with E-state index >= 15 is 0 Å². The smallest absolute Gasteiger partial charge is 0.0472 e. The lowest BCUT2D eigenvalue weighted by Crippen LogP contribution is -2.52. The van der Waals surface area contributed by atoms with E-state index in [1.807, 2.05) is 12.4 Å². The highest BCUT2D eigenvalue weighted by Gasteiger charge is 2.33. The Morgan fingerprint density at radius 3 is 2.89 bits per heavy atom. The average Bonchev–Trinajstić information content (AvgIpc) is 2.88. The van der Waals surface area contributed by atoms with Gasteiger partial charge in [0.05, 0.1) is 0 Å². The third kappa shape index (κ3) is 2.28. The Morgan fingerprint density at radius 2 is 2.11 bits per heavy atom. The predicted molar refractivity (Wildman–Crippen MR) is 72.2 cm³/mol. The second-order valence-electron chi connectivity index (χ2n) is 5.36. The number of pyridine rings is 1. The summed E-state index contributed by atoms with van der Waals surface area (Å²) < 4.78 is 0. The first kappa shape index (κ1) is 12.1. The van der Waals surface area contributed by atoms with Crippen molar-refractivity contribution < 1.29 is 0 Å². The maximum Gasteiger partial charge on any atom is 0.0472 e. The summed E-state index contributed by atoms with van der Waals surface area (Å²) in [7, 11) is 0. The second-order valence-corrected chi connectivity index (χ2v) is 5.36. The minimum absolute atomic E-state index is 0.357. The van der Waals surface area contributed by atoms with Gasteiger partial charge >= 0.3 is 0 Å². The Labute approximate surface area is 109 Å². The number of hydrogen-bond acceptors (Lipinski definition) is 4. The molecule has 0 amide bonds. The number of rotatable bonds is 3. The van der Waals surface area contributed by atoms with Crippen molar-refractivity contribution in [3.8, 4) is 0 Å². The van der Waals surface area contributed by atoms with Crippen molar-refractivity contribution in [2.45, 2.75) is 24.9 Å². The van der Waals surface area contributed by atoms with Crippen LogP contribution in [0.1, 0.15) is 24.4 Å². The van der Waals surface area contributed by atoms with E-state index in [4.69, 9.17) is 5.73 Å². The van der Waals surface area contributed by atoms with Crippen LogP contribution in [0.25, 0.3) is 0 Å². The maximum absolute atomic E-state index is 6.00. The van der Waals surface area contributed by atoms with Gasteiger partial charge in [-0.3, -0.25) is 14.8 Å². The first-order chi connectivity index (χ1) is 8.88. The minimum atomic E-state index is 0.357. The number of aromatic nitrogens is 1. The van der Waals surface area contributed by atoms with Crippen LogP contribution < -0.4 is 5.73 Å². The molecule has 2 N–H and O–H groups in total. The molecule has 0 aliphatic carbocycles. The molecular weight excluding hydrogens is 224 g/mol. The van der Waals surface area contributed by atoms with Crippen LogP contribution in [0, 0.1) is 0 Å². The summed E-state index contributed by atoms with van der Waals surface area (Å²) in [5, 5.41) is 0. The fraction of sp³-hybridized carbons (Fsp3) is 0.643. The molecule has 0 aromatic carbocycles. The molecule has 2 saturated heterocycles. The summed E-state index contributed by atoms with van der Waals surface area (Å²) in [5.41, 5.74) is 7.30. The molecule has 4 heteroatoms. The number of hydrogen-bond donors (Lipinski definition) is 1. The molecule has 98 valence electrons. The lowest BCUT2D eigenvalue weighted by Gasteiger charge is -2.41. The van der Waals surface area contributed by atoms with Crippen molar-refractivity contribution in [2.75, 3.05) is 32.7 Å². The van der Waals surface area contributed by atoms with Crippen molar-refractivity contribution in [3.05, 3.63) is 30.1 Å². The molecule has 3 rings (SSSR count). The molecule has 2 fully saturated rings. The molecule has 2 aliphatic rings. The Balaban J connectivity index is 1.72. The Hall–Kier alpha value is -0.970. The molecule has 1 aromatic heterocycles. The highest BCUT2D eigenvalue weighted by molar-refractivity contribution is 5.16. The van der Waals surface area contributed by atoms with E-state index in [0.717, 1.165) is 12.6 Å². The zero-order chi connectivity index (χ0) is 12.4. The Morgan fingerprint density at radius 1 is 1.28 bits per heavy atom. The summed E-state index contributed by atoms with van der Waals surface area (Å²) in [6, 6.07) is 5.31. The highest BCUT2D eigenvalue weighted by atomic mass is 15.3. The van der Waals surface area contributed by atoms with Crippen LogP contribution >= 0.6 is 0 Å². The minimum Gasteiger partial charge on any atom is -0.329 e. The third-order valence-corrected chi connectivity index (χ3v) is 4.37. The van der Waals surface area contributed by atoms with E-state index in [9.17, 15) is 0 Å². The van der Waals surface area contributed by atoms with Gasteiger partial charge in [0.2, 0.25) is 0 Å². The third-order valence-electron chi connectivity index (χ3n) is 4.37. The lowest BCUT2D eigenvalue weighted by molar-refractivity contribution is 0.0737. The average molecular weight is 246 g/mol. The van der Waals surface area contributed by atoms with E-state index in [2.05, 4.69) is 26.9 Å². The van der Waals surface area contributed by atoms with Gasteiger partial charge in [0.25, 0.3) is 0 Å². The molecule has 2 unspecified atom stereocenters. The highest BCUT2D eigenvalue weighted by Crippen LogP contribution is 2.27. The molecule has 1 aromatic rings. The molecule has 0 bridgehead atoms. The quantitative estimate of drug-likeness (QED) is 0.859. The van der Waals surface area contributed by atoms with Crippen LogP contribution in [-0.4, -0.2) is 53.5 Å². The van der Waals surface area contributed by atoms with Crippen LogP contribution in [0.15, 0.2) is 24.5 Å². The number of nitrogens with two attached hydrogens (primary N) is 1. The number of fused-ring (bicyclic) bond motifs is 1. The van der Waals surface area contributed by atoms with Crippen molar-refractivity contribution in [2.24, 2.45) is 5.73 Å². The van der Waals surface area contributed by atoms with Gasteiger partial charge < -0.3 is 5.73 Å². The standard InChI is InChI=1S/C14H22N4/c15-10-14(12-3-5-16-6-4-12)18-9-8-17-7-1-2-13(17)11-18/h3-6,13-14H,1-2,7-11,15H2. The molecule has 18 heavy (non-hydrogen) atoms. The van der Waals surface area contributed by atoms with E-state index < -0.39 is 0 Å². The van der Waals surface area contributed by atoms with Crippen molar-refractivity contribution in [3.63, 3.8) is 0 Å². The molecule has 2 aliphatic heterocycles. The van der Waals surface area contributed by atoms with Gasteiger partial charge in [0, 0.05) is 50.7 Å². The van der Waals surface area contributed by atoms with Gasteiger partial charge in [-0.2, -0.15) is 0 Å². The SMILES string of the molecule is NCC(c1ccncc1)N1CCN2CCCC2C1. The van der Waals surface area contributed by atoms with E-state index in [1.54, 1.807) is 0 Å². The zero-order valence-corrected chi connectivity index (χ0v) is 10.8. The monoisotopic (exact) mass is 246 g/mol. The number of piperazine rings is 1. The van der Waals surface area contributed by atoms with Gasteiger partial charge in [-0.1, -0.05) is 0 Å². The molecule has 3 heterocycles. The van der Waals surface area contributed by atoms with Crippen molar-refractivity contribution >= 4 is 0 Å². The first-order valence-electron chi connectivity index (χ1n) is 6.96. The Kier molecular flexibility index (Phi) is 3.59. The zero-order valence-electron chi connectivity index (χ0n) is 10.8. The van der Waals surface area contributed by atoms with Crippen molar-refractivity contribution in [1.82, 2.24) is 14.8 Å². The van der Waals surface area contributed by atoms with Crippen LogP contribution in [0.3, 0.4) is 0 Å². The fourth-order valence-electron chi connectivity index (χ4n) is 3.38.